The van der Waals surface area contributed by atoms with Crippen LogP contribution in [0.15, 0.2) is 35.3 Å². The van der Waals surface area contributed by atoms with Crippen LogP contribution < -0.4 is 5.32 Å². The average molecular weight is 726 g/mol. The molecule has 0 aliphatic carbocycles. The van der Waals surface area contributed by atoms with Gasteiger partial charge in [-0.2, -0.15) is 0 Å². The molecule has 0 spiro atoms. The standard InChI is InChI=1S/C33H35N5O14/c39-22(21-4-2-1-3-5-21)20-34-19-15-23(40)35-33(16-12-30(47)50-36-24(41)6-7-25(36)42,17-13-31(48)51-37-26(43)8-9-27(37)44)18-14-32(49)52-38-28(45)10-11-29(38)46/h1-5,20H,6-19H2,(H,35,40). The zero-order valence-electron chi connectivity index (χ0n) is 27.9. The fraction of sp³-hybridized carbons (Fsp3) is 0.455. The molecule has 1 aromatic carbocycles. The van der Waals surface area contributed by atoms with Crippen LogP contribution in [0.5, 0.6) is 0 Å². The lowest BCUT2D eigenvalue weighted by atomic mass is 9.83. The zero-order chi connectivity index (χ0) is 37.8. The number of hydrogen-bond acceptors (Lipinski definition) is 15. The van der Waals surface area contributed by atoms with E-state index in [9.17, 15) is 52.7 Å². The Labute approximate surface area is 295 Å². The molecule has 19 nitrogen and oxygen atoms in total. The molecule has 3 saturated heterocycles. The lowest BCUT2D eigenvalue weighted by Crippen LogP contribution is -2.50. The first-order valence-electron chi connectivity index (χ1n) is 16.4. The highest BCUT2D eigenvalue weighted by Crippen LogP contribution is 2.28. The molecule has 7 amide bonds. The highest BCUT2D eigenvalue weighted by molar-refractivity contribution is 6.35. The normalized spacial score (nSPS) is 16.3. The second-order valence-corrected chi connectivity index (χ2v) is 12.0. The van der Waals surface area contributed by atoms with Gasteiger partial charge >= 0.3 is 17.9 Å². The van der Waals surface area contributed by atoms with Gasteiger partial charge in [-0.25, -0.2) is 14.4 Å². The van der Waals surface area contributed by atoms with Crippen molar-refractivity contribution >= 4 is 71.3 Å². The molecule has 4 rings (SSSR count). The molecule has 3 aliphatic rings. The Hall–Kier alpha value is -6.14. The lowest BCUT2D eigenvalue weighted by molar-refractivity contribution is -0.198. The van der Waals surface area contributed by atoms with Crippen LogP contribution in [-0.2, 0) is 62.5 Å². The van der Waals surface area contributed by atoms with E-state index in [0.29, 0.717) is 20.8 Å². The molecule has 52 heavy (non-hydrogen) atoms. The molecule has 19 heteroatoms. The monoisotopic (exact) mass is 725 g/mol. The number of carbonyl (C=O) groups is 11. The van der Waals surface area contributed by atoms with Crippen LogP contribution in [0.4, 0.5) is 0 Å². The number of carbonyl (C=O) groups excluding carboxylic acids is 11. The van der Waals surface area contributed by atoms with Gasteiger partial charge < -0.3 is 19.8 Å². The van der Waals surface area contributed by atoms with E-state index in [4.69, 9.17) is 14.5 Å². The molecule has 1 N–H and O–H groups in total. The number of amides is 7. The Balaban J connectivity index is 1.51. The molecule has 276 valence electrons. The third kappa shape index (κ3) is 10.7. The van der Waals surface area contributed by atoms with E-state index in [2.05, 4.69) is 10.3 Å². The molecular formula is C33H35N5O14. The second kappa shape index (κ2) is 17.7. The molecule has 1 aromatic rings. The van der Waals surface area contributed by atoms with Crippen LogP contribution >= 0.6 is 0 Å². The van der Waals surface area contributed by atoms with E-state index in [1.165, 1.54) is 0 Å². The summed E-state index contributed by atoms with van der Waals surface area (Å²) in [7, 11) is 0. The van der Waals surface area contributed by atoms with Crippen molar-refractivity contribution in [3.05, 3.63) is 35.9 Å². The first kappa shape index (κ1) is 38.7. The van der Waals surface area contributed by atoms with Crippen molar-refractivity contribution in [1.29, 1.82) is 0 Å². The maximum atomic E-state index is 13.3. The molecular weight excluding hydrogens is 690 g/mol. The summed E-state index contributed by atoms with van der Waals surface area (Å²) in [5, 5.41) is 3.65. The molecule has 3 aliphatic heterocycles. The summed E-state index contributed by atoms with van der Waals surface area (Å²) in [5.74, 6) is -8.80. The van der Waals surface area contributed by atoms with Gasteiger partial charge in [0.25, 0.3) is 35.4 Å². The van der Waals surface area contributed by atoms with Crippen molar-refractivity contribution in [3.8, 4) is 0 Å². The van der Waals surface area contributed by atoms with Gasteiger partial charge in [-0.05, 0) is 19.3 Å². The van der Waals surface area contributed by atoms with Crippen molar-refractivity contribution in [2.24, 2.45) is 4.99 Å². The number of nitrogens with zero attached hydrogens (tertiary/aromatic N) is 4. The summed E-state index contributed by atoms with van der Waals surface area (Å²) in [6, 6.07) is 8.22. The van der Waals surface area contributed by atoms with Crippen molar-refractivity contribution in [2.45, 2.75) is 89.0 Å². The molecule has 0 bridgehead atoms. The van der Waals surface area contributed by atoms with Crippen molar-refractivity contribution in [2.75, 3.05) is 6.54 Å². The van der Waals surface area contributed by atoms with Crippen LogP contribution in [0.25, 0.3) is 0 Å². The average Bonchev–Trinajstić information content (AvgIpc) is 3.74. The number of hydrogen-bond donors (Lipinski definition) is 1. The summed E-state index contributed by atoms with van der Waals surface area (Å²) in [6.45, 7) is -0.176. The van der Waals surface area contributed by atoms with Gasteiger partial charge in [0.2, 0.25) is 11.7 Å². The third-order valence-electron chi connectivity index (χ3n) is 8.16. The van der Waals surface area contributed by atoms with Crippen molar-refractivity contribution in [3.63, 3.8) is 0 Å². The van der Waals surface area contributed by atoms with Crippen LogP contribution in [0.3, 0.4) is 0 Å². The molecule has 3 fully saturated rings. The van der Waals surface area contributed by atoms with Crippen LogP contribution in [0, 0.1) is 0 Å². The fourth-order valence-corrected chi connectivity index (χ4v) is 5.35. The first-order chi connectivity index (χ1) is 24.8. The van der Waals surface area contributed by atoms with E-state index >= 15 is 0 Å². The Morgan fingerprint density at radius 1 is 0.596 bits per heavy atom. The SMILES string of the molecule is O=C(CCN=CC(=O)c1ccccc1)NC(CCC(=O)ON1C(=O)CCC1=O)(CCC(=O)ON1C(=O)CCC1=O)CCC(=O)ON1C(=O)CCC1=O. The number of imide groups is 3. The molecule has 0 radical (unpaired) electrons. The van der Waals surface area contributed by atoms with Crippen molar-refractivity contribution < 1.29 is 67.3 Å². The van der Waals surface area contributed by atoms with Gasteiger partial charge in [0.05, 0.1) is 25.5 Å². The number of benzene rings is 1. The summed E-state index contributed by atoms with van der Waals surface area (Å²) < 4.78 is 0. The van der Waals surface area contributed by atoms with E-state index in [1.807, 2.05) is 0 Å². The number of nitrogens with one attached hydrogen (secondary N) is 1. The summed E-state index contributed by atoms with van der Waals surface area (Å²) in [4.78, 5) is 155. The maximum absolute atomic E-state index is 13.3. The molecule has 3 heterocycles. The molecule has 0 aromatic heterocycles. The van der Waals surface area contributed by atoms with Gasteiger partial charge in [-0.3, -0.25) is 43.3 Å². The summed E-state index contributed by atoms with van der Waals surface area (Å²) in [6.07, 6.45) is -3.09. The lowest BCUT2D eigenvalue weighted by Gasteiger charge is -2.35. The third-order valence-corrected chi connectivity index (χ3v) is 8.16. The smallest absolute Gasteiger partial charge is 0.333 e. The highest BCUT2D eigenvalue weighted by atomic mass is 16.7. The molecule has 0 unspecified atom stereocenters. The van der Waals surface area contributed by atoms with Gasteiger partial charge in [-0.1, -0.05) is 30.3 Å². The van der Waals surface area contributed by atoms with E-state index in [1.54, 1.807) is 30.3 Å². The minimum absolute atomic E-state index is 0.167. The van der Waals surface area contributed by atoms with Gasteiger partial charge in [0, 0.05) is 62.6 Å². The number of ketones is 1. The van der Waals surface area contributed by atoms with Crippen molar-refractivity contribution in [1.82, 2.24) is 20.5 Å². The summed E-state index contributed by atoms with van der Waals surface area (Å²) >= 11 is 0. The molecule has 0 saturated carbocycles. The maximum Gasteiger partial charge on any atom is 0.333 e. The Kier molecular flexibility index (Phi) is 13.1. The zero-order valence-corrected chi connectivity index (χ0v) is 27.9. The number of Topliss-reactive ketones (excluding diaryl/α,β-unsaturated/α-hetero) is 1. The Morgan fingerprint density at radius 2 is 0.962 bits per heavy atom. The van der Waals surface area contributed by atoms with Gasteiger partial charge in [-0.15, -0.1) is 15.2 Å². The Bertz CT molecular complexity index is 1510. The first-order valence-corrected chi connectivity index (χ1v) is 16.4. The van der Waals surface area contributed by atoms with Crippen LogP contribution in [-0.4, -0.2) is 98.5 Å². The van der Waals surface area contributed by atoms with E-state index in [-0.39, 0.29) is 70.8 Å². The topological polar surface area (TPSA) is 250 Å². The number of aliphatic imine (C=N–C) groups is 1. The number of hydroxylamine groups is 6. The van der Waals surface area contributed by atoms with Crippen LogP contribution in [0.1, 0.15) is 93.8 Å². The fourth-order valence-electron chi connectivity index (χ4n) is 5.35. The Morgan fingerprint density at radius 3 is 1.33 bits per heavy atom. The minimum atomic E-state index is -1.66. The van der Waals surface area contributed by atoms with E-state index < -0.39 is 89.8 Å². The highest BCUT2D eigenvalue weighted by Gasteiger charge is 2.39. The second-order valence-electron chi connectivity index (χ2n) is 12.0. The predicted molar refractivity (Wildman–Crippen MR) is 169 cm³/mol. The summed E-state index contributed by atoms with van der Waals surface area (Å²) in [5.41, 5.74) is -1.29. The largest absolute Gasteiger partial charge is 0.351 e. The van der Waals surface area contributed by atoms with Gasteiger partial charge in [0.15, 0.2) is 0 Å². The van der Waals surface area contributed by atoms with Gasteiger partial charge in [0.1, 0.15) is 0 Å². The van der Waals surface area contributed by atoms with E-state index in [0.717, 1.165) is 6.21 Å². The predicted octanol–water partition coefficient (Wildman–Crippen LogP) is 0.347. The minimum Gasteiger partial charge on any atom is -0.351 e. The molecule has 0 atom stereocenters. The number of rotatable bonds is 18. The van der Waals surface area contributed by atoms with Crippen LogP contribution in [0.2, 0.25) is 0 Å². The quantitative estimate of drug-likeness (QED) is 0.122.